The number of carbonyl (C=O) groups is 1. The molecular weight excluding hydrogens is 304 g/mol. The maximum Gasteiger partial charge on any atom is 0.238 e. The van der Waals surface area contributed by atoms with Crippen LogP contribution in [0.2, 0.25) is 0 Å². The smallest absolute Gasteiger partial charge is 0.238 e. The fourth-order valence-corrected chi connectivity index (χ4v) is 3.40. The third-order valence-corrected chi connectivity index (χ3v) is 4.67. The number of anilines is 2. The van der Waals surface area contributed by atoms with Crippen molar-refractivity contribution in [1.29, 1.82) is 0 Å². The molecule has 1 unspecified atom stereocenters. The minimum Gasteiger partial charge on any atom is -0.378 e. The van der Waals surface area contributed by atoms with Gasteiger partial charge in [-0.15, -0.1) is 0 Å². The van der Waals surface area contributed by atoms with E-state index in [1.165, 1.54) is 12.1 Å². The van der Waals surface area contributed by atoms with Gasteiger partial charge in [-0.05, 0) is 56.7 Å². The molecular formula is C18H28N4O2. The van der Waals surface area contributed by atoms with E-state index in [1.807, 2.05) is 19.2 Å². The minimum absolute atomic E-state index is 0.0441. The Balaban J connectivity index is 1.45. The molecule has 2 N–H and O–H groups in total. The molecule has 1 aromatic rings. The van der Waals surface area contributed by atoms with Crippen LogP contribution in [0.3, 0.4) is 0 Å². The van der Waals surface area contributed by atoms with Gasteiger partial charge in [-0.25, -0.2) is 0 Å². The predicted octanol–water partition coefficient (Wildman–Crippen LogP) is 1.00. The summed E-state index contributed by atoms with van der Waals surface area (Å²) in [4.78, 5) is 16.6. The Bertz CT molecular complexity index is 522. The SMILES string of the molecule is CN(CC(=O)Nc1ccc(N2CCOCC2)cc1)CC1CCNC1. The van der Waals surface area contributed by atoms with Crippen LogP contribution in [0.1, 0.15) is 6.42 Å². The zero-order valence-corrected chi connectivity index (χ0v) is 14.5. The highest BCUT2D eigenvalue weighted by atomic mass is 16.5. The number of hydrogen-bond donors (Lipinski definition) is 2. The molecule has 2 aliphatic rings. The van der Waals surface area contributed by atoms with Crippen molar-refractivity contribution in [2.75, 3.05) is 69.7 Å². The average molecular weight is 332 g/mol. The Morgan fingerprint density at radius 2 is 2.08 bits per heavy atom. The zero-order chi connectivity index (χ0) is 16.8. The highest BCUT2D eigenvalue weighted by Gasteiger charge is 2.17. The van der Waals surface area contributed by atoms with E-state index in [4.69, 9.17) is 4.74 Å². The highest BCUT2D eigenvalue weighted by Crippen LogP contribution is 2.19. The lowest BCUT2D eigenvalue weighted by atomic mass is 10.1. The van der Waals surface area contributed by atoms with Crippen molar-refractivity contribution in [1.82, 2.24) is 10.2 Å². The summed E-state index contributed by atoms with van der Waals surface area (Å²) >= 11 is 0. The fraction of sp³-hybridized carbons (Fsp3) is 0.611. The lowest BCUT2D eigenvalue weighted by molar-refractivity contribution is -0.117. The predicted molar refractivity (Wildman–Crippen MR) is 96.6 cm³/mol. The third-order valence-electron chi connectivity index (χ3n) is 4.67. The van der Waals surface area contributed by atoms with Crippen LogP contribution in [-0.4, -0.2) is 70.3 Å². The molecule has 1 aromatic carbocycles. The van der Waals surface area contributed by atoms with Crippen molar-refractivity contribution in [2.24, 2.45) is 5.92 Å². The molecule has 0 spiro atoms. The summed E-state index contributed by atoms with van der Waals surface area (Å²) in [5.41, 5.74) is 2.04. The number of benzene rings is 1. The van der Waals surface area contributed by atoms with Crippen LogP contribution < -0.4 is 15.5 Å². The lowest BCUT2D eigenvalue weighted by Crippen LogP contribution is -2.36. The molecule has 132 valence electrons. The number of nitrogens with zero attached hydrogens (tertiary/aromatic N) is 2. The van der Waals surface area contributed by atoms with Gasteiger partial charge in [0.1, 0.15) is 0 Å². The Labute approximate surface area is 144 Å². The summed E-state index contributed by atoms with van der Waals surface area (Å²) < 4.78 is 5.37. The van der Waals surface area contributed by atoms with E-state index in [-0.39, 0.29) is 5.91 Å². The molecule has 0 radical (unpaired) electrons. The Morgan fingerprint density at radius 1 is 1.33 bits per heavy atom. The van der Waals surface area contributed by atoms with Crippen LogP contribution in [0, 0.1) is 5.92 Å². The van der Waals surface area contributed by atoms with E-state index < -0.39 is 0 Å². The molecule has 0 aromatic heterocycles. The first kappa shape index (κ1) is 17.2. The summed E-state index contributed by atoms with van der Waals surface area (Å²) in [7, 11) is 2.01. The summed E-state index contributed by atoms with van der Waals surface area (Å²) in [5.74, 6) is 0.707. The Kier molecular flexibility index (Phi) is 6.07. The second-order valence-electron chi connectivity index (χ2n) is 6.75. The molecule has 1 amide bonds. The third kappa shape index (κ3) is 4.93. The van der Waals surface area contributed by atoms with E-state index in [2.05, 4.69) is 32.6 Å². The van der Waals surface area contributed by atoms with Crippen LogP contribution in [0.5, 0.6) is 0 Å². The first-order chi connectivity index (χ1) is 11.7. The second-order valence-corrected chi connectivity index (χ2v) is 6.75. The van der Waals surface area contributed by atoms with Gasteiger partial charge in [0.2, 0.25) is 5.91 Å². The van der Waals surface area contributed by atoms with Gasteiger partial charge in [0, 0.05) is 31.0 Å². The second kappa shape index (κ2) is 8.46. The Morgan fingerprint density at radius 3 is 2.75 bits per heavy atom. The van der Waals surface area contributed by atoms with Gasteiger partial charge < -0.3 is 20.3 Å². The topological polar surface area (TPSA) is 56.8 Å². The van der Waals surface area contributed by atoms with Crippen molar-refractivity contribution in [2.45, 2.75) is 6.42 Å². The molecule has 0 aliphatic carbocycles. The van der Waals surface area contributed by atoms with Crippen LogP contribution in [0.4, 0.5) is 11.4 Å². The zero-order valence-electron chi connectivity index (χ0n) is 14.5. The molecule has 2 saturated heterocycles. The number of hydrogen-bond acceptors (Lipinski definition) is 5. The minimum atomic E-state index is 0.0441. The highest BCUT2D eigenvalue weighted by molar-refractivity contribution is 5.92. The maximum absolute atomic E-state index is 12.2. The standard InChI is InChI=1S/C18H28N4O2/c1-21(13-15-6-7-19-12-15)14-18(23)20-16-2-4-17(5-3-16)22-8-10-24-11-9-22/h2-5,15,19H,6-14H2,1H3,(H,20,23). The molecule has 6 nitrogen and oxygen atoms in total. The largest absolute Gasteiger partial charge is 0.378 e. The lowest BCUT2D eigenvalue weighted by Gasteiger charge is -2.29. The van der Waals surface area contributed by atoms with Crippen molar-refractivity contribution in [3.63, 3.8) is 0 Å². The van der Waals surface area contributed by atoms with E-state index >= 15 is 0 Å². The van der Waals surface area contributed by atoms with Gasteiger partial charge >= 0.3 is 0 Å². The molecule has 24 heavy (non-hydrogen) atoms. The van der Waals surface area contributed by atoms with Gasteiger partial charge in [0.15, 0.2) is 0 Å². The van der Waals surface area contributed by atoms with E-state index in [0.29, 0.717) is 12.5 Å². The molecule has 1 atom stereocenters. The van der Waals surface area contributed by atoms with E-state index in [0.717, 1.165) is 51.6 Å². The number of carbonyl (C=O) groups excluding carboxylic acids is 1. The maximum atomic E-state index is 12.2. The van der Waals surface area contributed by atoms with Crippen LogP contribution >= 0.6 is 0 Å². The molecule has 3 rings (SSSR count). The molecule has 6 heteroatoms. The molecule has 0 saturated carbocycles. The molecule has 2 fully saturated rings. The van der Waals surface area contributed by atoms with Crippen molar-refractivity contribution < 1.29 is 9.53 Å². The van der Waals surface area contributed by atoms with Crippen LogP contribution in [-0.2, 0) is 9.53 Å². The molecule has 2 aliphatic heterocycles. The Hall–Kier alpha value is -1.63. The first-order valence-corrected chi connectivity index (χ1v) is 8.82. The normalized spacial score (nSPS) is 21.2. The van der Waals surface area contributed by atoms with Gasteiger partial charge in [-0.3, -0.25) is 9.69 Å². The summed E-state index contributed by atoms with van der Waals surface area (Å²) in [5, 5.41) is 6.35. The number of morpholine rings is 1. The summed E-state index contributed by atoms with van der Waals surface area (Å²) in [6.07, 6.45) is 1.20. The number of nitrogens with one attached hydrogen (secondary N) is 2. The van der Waals surface area contributed by atoms with Gasteiger partial charge in [-0.2, -0.15) is 0 Å². The average Bonchev–Trinajstić information content (AvgIpc) is 3.09. The number of likely N-dealkylation sites (N-methyl/N-ethyl adjacent to an activating group) is 1. The van der Waals surface area contributed by atoms with Crippen LogP contribution in [0.25, 0.3) is 0 Å². The van der Waals surface area contributed by atoms with Gasteiger partial charge in [0.05, 0.1) is 19.8 Å². The summed E-state index contributed by atoms with van der Waals surface area (Å²) in [6, 6.07) is 8.08. The molecule has 2 heterocycles. The first-order valence-electron chi connectivity index (χ1n) is 8.82. The fourth-order valence-electron chi connectivity index (χ4n) is 3.40. The summed E-state index contributed by atoms with van der Waals surface area (Å²) in [6.45, 7) is 6.97. The van der Waals surface area contributed by atoms with E-state index in [9.17, 15) is 4.79 Å². The quantitative estimate of drug-likeness (QED) is 0.814. The van der Waals surface area contributed by atoms with Crippen LogP contribution in [0.15, 0.2) is 24.3 Å². The van der Waals surface area contributed by atoms with Crippen molar-refractivity contribution >= 4 is 17.3 Å². The van der Waals surface area contributed by atoms with E-state index in [1.54, 1.807) is 0 Å². The monoisotopic (exact) mass is 332 g/mol. The number of ether oxygens (including phenoxy) is 1. The number of rotatable bonds is 6. The number of amides is 1. The van der Waals surface area contributed by atoms with Gasteiger partial charge in [-0.1, -0.05) is 0 Å². The van der Waals surface area contributed by atoms with Crippen molar-refractivity contribution in [3.8, 4) is 0 Å². The van der Waals surface area contributed by atoms with Crippen molar-refractivity contribution in [3.05, 3.63) is 24.3 Å². The molecule has 0 bridgehead atoms. The van der Waals surface area contributed by atoms with Gasteiger partial charge in [0.25, 0.3) is 0 Å².